The maximum Gasteiger partial charge on any atom is 0.133 e. The van der Waals surface area contributed by atoms with E-state index in [0.717, 1.165) is 39.9 Å². The lowest BCUT2D eigenvalue weighted by Gasteiger charge is -2.15. The van der Waals surface area contributed by atoms with Crippen LogP contribution in [0.1, 0.15) is 36.2 Å². The van der Waals surface area contributed by atoms with Crippen LogP contribution in [0, 0.1) is 5.82 Å². The summed E-state index contributed by atoms with van der Waals surface area (Å²) in [5.74, 6) is -0.351. The molecule has 2 aromatic carbocycles. The maximum atomic E-state index is 15.3. The smallest absolute Gasteiger partial charge is 0.133 e. The van der Waals surface area contributed by atoms with Gasteiger partial charge in [0, 0.05) is 66.2 Å². The minimum atomic E-state index is -0.351. The van der Waals surface area contributed by atoms with E-state index in [1.807, 2.05) is 56.3 Å². The number of H-pyrrole nitrogens is 1. The Morgan fingerprint density at radius 3 is 2.48 bits per heavy atom. The molecule has 5 rings (SSSR count). The van der Waals surface area contributed by atoms with Crippen molar-refractivity contribution in [1.29, 1.82) is 0 Å². The van der Waals surface area contributed by atoms with Gasteiger partial charge in [-0.1, -0.05) is 55.6 Å². The van der Waals surface area contributed by atoms with Crippen LogP contribution in [0.4, 0.5) is 4.39 Å². The molecular weight excluding hydrogens is 523 g/mol. The molecule has 0 atom stereocenters. The Balaban J connectivity index is 1.38. The normalized spacial score (nSPS) is 12.2. The van der Waals surface area contributed by atoms with Crippen LogP contribution < -0.4 is 10.6 Å². The molecule has 0 bridgehead atoms. The zero-order valence-corrected chi connectivity index (χ0v) is 23.8. The molecule has 0 amide bonds. The third-order valence-corrected chi connectivity index (χ3v) is 7.12. The van der Waals surface area contributed by atoms with Gasteiger partial charge < -0.3 is 10.6 Å². The van der Waals surface area contributed by atoms with E-state index in [1.54, 1.807) is 36.9 Å². The molecule has 0 spiro atoms. The fourth-order valence-corrected chi connectivity index (χ4v) is 4.84. The SMILES string of the molecule is C=C/C=C(\C(C)=C(/C)NC(=C)c1n[nH]c2cc(F)c(-c3cncc(CNCc4ccccc4)c3)cc12)c1ccncc1. The molecule has 7 heteroatoms. The minimum absolute atomic E-state index is 0.351. The van der Waals surface area contributed by atoms with Crippen molar-refractivity contribution < 1.29 is 4.39 Å². The highest BCUT2D eigenvalue weighted by molar-refractivity contribution is 5.93. The Bertz CT molecular complexity index is 1780. The van der Waals surface area contributed by atoms with E-state index < -0.39 is 0 Å². The van der Waals surface area contributed by atoms with Crippen molar-refractivity contribution >= 4 is 22.2 Å². The predicted molar refractivity (Wildman–Crippen MR) is 169 cm³/mol. The number of nitrogens with one attached hydrogen (secondary N) is 3. The van der Waals surface area contributed by atoms with Gasteiger partial charge in [-0.3, -0.25) is 15.1 Å². The predicted octanol–water partition coefficient (Wildman–Crippen LogP) is 7.57. The molecule has 0 radical (unpaired) electrons. The van der Waals surface area contributed by atoms with E-state index in [1.165, 1.54) is 11.6 Å². The van der Waals surface area contributed by atoms with E-state index in [4.69, 9.17) is 0 Å². The van der Waals surface area contributed by atoms with Crippen LogP contribution in [0.5, 0.6) is 0 Å². The molecule has 210 valence electrons. The Hall–Kier alpha value is -5.14. The van der Waals surface area contributed by atoms with Crippen molar-refractivity contribution in [3.8, 4) is 11.1 Å². The van der Waals surface area contributed by atoms with Crippen LogP contribution in [0.15, 0.2) is 122 Å². The summed E-state index contributed by atoms with van der Waals surface area (Å²) in [6.45, 7) is 13.5. The average molecular weight is 557 g/mol. The van der Waals surface area contributed by atoms with Gasteiger partial charge in [-0.25, -0.2) is 4.39 Å². The van der Waals surface area contributed by atoms with Crippen molar-refractivity contribution in [1.82, 2.24) is 30.8 Å². The largest absolute Gasteiger partial charge is 0.358 e. The summed E-state index contributed by atoms with van der Waals surface area (Å²) in [5, 5.41) is 15.0. The lowest BCUT2D eigenvalue weighted by atomic mass is 9.98. The first-order valence-corrected chi connectivity index (χ1v) is 13.7. The Morgan fingerprint density at radius 2 is 1.71 bits per heavy atom. The standard InChI is InChI=1S/C35H33FN6/c1-5-9-30(28-12-14-37-15-13-28)23(2)24(3)40-25(4)35-32-17-31(33(36)18-34(32)41-42-35)29-16-27(21-39-22-29)20-38-19-26-10-7-6-8-11-26/h5-18,21-22,38,40H,1,4,19-20H2,2-3H3,(H,41,42)/b24-23+,30-9+. The van der Waals surface area contributed by atoms with Crippen molar-refractivity contribution in [2.45, 2.75) is 26.9 Å². The first-order chi connectivity index (χ1) is 20.4. The number of rotatable bonds is 11. The zero-order valence-electron chi connectivity index (χ0n) is 23.8. The van der Waals surface area contributed by atoms with Gasteiger partial charge >= 0.3 is 0 Å². The summed E-state index contributed by atoms with van der Waals surface area (Å²) in [6.07, 6.45) is 10.7. The quantitative estimate of drug-likeness (QED) is 0.146. The number of aromatic nitrogens is 4. The second-order valence-electron chi connectivity index (χ2n) is 10.0. The number of fused-ring (bicyclic) bond motifs is 1. The topological polar surface area (TPSA) is 78.5 Å². The van der Waals surface area contributed by atoms with Crippen molar-refractivity contribution in [2.75, 3.05) is 0 Å². The number of nitrogens with zero attached hydrogens (tertiary/aromatic N) is 3. The summed E-state index contributed by atoms with van der Waals surface area (Å²) in [7, 11) is 0. The molecule has 0 unspecified atom stereocenters. The van der Waals surface area contributed by atoms with E-state index in [-0.39, 0.29) is 5.82 Å². The van der Waals surface area contributed by atoms with E-state index in [2.05, 4.69) is 56.1 Å². The van der Waals surface area contributed by atoms with Gasteiger partial charge in [0.15, 0.2) is 0 Å². The van der Waals surface area contributed by atoms with Crippen LogP contribution in [-0.2, 0) is 13.1 Å². The average Bonchev–Trinajstić information content (AvgIpc) is 3.43. The van der Waals surface area contributed by atoms with Crippen LogP contribution >= 0.6 is 0 Å². The van der Waals surface area contributed by atoms with Gasteiger partial charge in [0.05, 0.1) is 11.2 Å². The summed E-state index contributed by atoms with van der Waals surface area (Å²) in [6, 6.07) is 19.4. The minimum Gasteiger partial charge on any atom is -0.358 e. The van der Waals surface area contributed by atoms with Crippen LogP contribution in [0.2, 0.25) is 0 Å². The third-order valence-electron chi connectivity index (χ3n) is 7.12. The van der Waals surface area contributed by atoms with E-state index >= 15 is 4.39 Å². The van der Waals surface area contributed by atoms with Gasteiger partial charge in [-0.05, 0) is 65.9 Å². The number of hydrogen-bond acceptors (Lipinski definition) is 5. The summed E-state index contributed by atoms with van der Waals surface area (Å²) < 4.78 is 15.3. The van der Waals surface area contributed by atoms with E-state index in [0.29, 0.717) is 34.6 Å². The molecule has 0 saturated carbocycles. The molecule has 0 saturated heterocycles. The van der Waals surface area contributed by atoms with Gasteiger partial charge in [0.25, 0.3) is 0 Å². The summed E-state index contributed by atoms with van der Waals surface area (Å²) >= 11 is 0. The molecular formula is C35H33FN6. The Labute approximate surface area is 245 Å². The molecule has 5 aromatic rings. The lowest BCUT2D eigenvalue weighted by Crippen LogP contribution is -2.12. The number of hydrogen-bond donors (Lipinski definition) is 3. The highest BCUT2D eigenvalue weighted by atomic mass is 19.1. The second-order valence-corrected chi connectivity index (χ2v) is 10.0. The lowest BCUT2D eigenvalue weighted by molar-refractivity contribution is 0.632. The molecule has 0 aliphatic carbocycles. The molecule has 0 aliphatic heterocycles. The van der Waals surface area contributed by atoms with Crippen LogP contribution in [-0.4, -0.2) is 20.2 Å². The number of aromatic amines is 1. The second kappa shape index (κ2) is 13.0. The summed E-state index contributed by atoms with van der Waals surface area (Å²) in [4.78, 5) is 8.51. The van der Waals surface area contributed by atoms with Gasteiger partial charge in [-0.2, -0.15) is 5.10 Å². The van der Waals surface area contributed by atoms with Crippen molar-refractivity contribution in [2.24, 2.45) is 0 Å². The van der Waals surface area contributed by atoms with Crippen LogP contribution in [0.25, 0.3) is 33.3 Å². The first kappa shape index (κ1) is 28.4. The highest BCUT2D eigenvalue weighted by Gasteiger charge is 2.16. The Morgan fingerprint density at radius 1 is 0.952 bits per heavy atom. The number of benzene rings is 2. The van der Waals surface area contributed by atoms with E-state index in [9.17, 15) is 0 Å². The van der Waals surface area contributed by atoms with Crippen molar-refractivity contribution in [3.05, 3.63) is 150 Å². The molecule has 3 aromatic heterocycles. The van der Waals surface area contributed by atoms with Gasteiger partial charge in [0.1, 0.15) is 11.5 Å². The number of halogens is 1. The number of allylic oxidation sites excluding steroid dienone is 5. The highest BCUT2D eigenvalue weighted by Crippen LogP contribution is 2.31. The van der Waals surface area contributed by atoms with Crippen molar-refractivity contribution in [3.63, 3.8) is 0 Å². The fourth-order valence-electron chi connectivity index (χ4n) is 4.84. The summed E-state index contributed by atoms with van der Waals surface area (Å²) in [5.41, 5.74) is 9.10. The maximum absolute atomic E-state index is 15.3. The molecule has 0 fully saturated rings. The molecule has 6 nitrogen and oxygen atoms in total. The molecule has 3 heterocycles. The fraction of sp³-hybridized carbons (Fsp3) is 0.114. The first-order valence-electron chi connectivity index (χ1n) is 13.7. The van der Waals surface area contributed by atoms with Gasteiger partial charge in [-0.15, -0.1) is 0 Å². The Kier molecular flexibility index (Phi) is 8.80. The zero-order chi connectivity index (χ0) is 29.5. The number of pyridine rings is 2. The molecule has 42 heavy (non-hydrogen) atoms. The monoisotopic (exact) mass is 556 g/mol. The molecule has 0 aliphatic rings. The van der Waals surface area contributed by atoms with Crippen LogP contribution in [0.3, 0.4) is 0 Å². The molecule has 3 N–H and O–H groups in total. The van der Waals surface area contributed by atoms with Gasteiger partial charge in [0.2, 0.25) is 0 Å². The third kappa shape index (κ3) is 6.43.